The Labute approximate surface area is 113 Å². The highest BCUT2D eigenvalue weighted by Crippen LogP contribution is 2.23. The maximum Gasteiger partial charge on any atom is 0.195 e. The van der Waals surface area contributed by atoms with Crippen LogP contribution in [0.3, 0.4) is 0 Å². The number of aromatic nitrogens is 3. The van der Waals surface area contributed by atoms with Gasteiger partial charge in [0, 0.05) is 6.42 Å². The molecule has 0 radical (unpaired) electrons. The maximum absolute atomic E-state index is 5.35. The first-order chi connectivity index (χ1) is 8.65. The Morgan fingerprint density at radius 3 is 2.78 bits per heavy atom. The van der Waals surface area contributed by atoms with Gasteiger partial charge < -0.3 is 0 Å². The predicted molar refractivity (Wildman–Crippen MR) is 76.4 cm³/mol. The van der Waals surface area contributed by atoms with Gasteiger partial charge in [-0.25, -0.2) is 0 Å². The summed E-state index contributed by atoms with van der Waals surface area (Å²) in [6, 6.07) is 8.65. The van der Waals surface area contributed by atoms with E-state index < -0.39 is 0 Å². The lowest BCUT2D eigenvalue weighted by Gasteiger charge is -2.18. The molecule has 0 fully saturated rings. The maximum atomic E-state index is 5.35. The van der Waals surface area contributed by atoms with Crippen LogP contribution in [0.15, 0.2) is 24.3 Å². The average Bonchev–Trinajstić information content (AvgIpc) is 2.71. The Hall–Kier alpha value is -1.42. The molecule has 1 N–H and O–H groups in total. The van der Waals surface area contributed by atoms with Crippen molar-refractivity contribution in [3.63, 3.8) is 0 Å². The van der Waals surface area contributed by atoms with Crippen molar-refractivity contribution in [2.75, 3.05) is 0 Å². The topological polar surface area (TPSA) is 33.6 Å². The Bertz CT molecular complexity index is 583. The molecule has 0 aliphatic heterocycles. The van der Waals surface area contributed by atoms with Crippen molar-refractivity contribution in [2.24, 2.45) is 0 Å². The van der Waals surface area contributed by atoms with E-state index in [-0.39, 0.29) is 6.04 Å². The van der Waals surface area contributed by atoms with Gasteiger partial charge in [-0.1, -0.05) is 31.2 Å². The molecule has 1 atom stereocenters. The van der Waals surface area contributed by atoms with Crippen LogP contribution in [0.25, 0.3) is 0 Å². The highest BCUT2D eigenvalue weighted by molar-refractivity contribution is 7.71. The number of H-pyrrole nitrogens is 1. The van der Waals surface area contributed by atoms with E-state index in [2.05, 4.69) is 59.8 Å². The third-order valence-electron chi connectivity index (χ3n) is 3.28. The molecule has 2 rings (SSSR count). The number of benzene rings is 1. The first kappa shape index (κ1) is 13.0. The highest BCUT2D eigenvalue weighted by atomic mass is 32.1. The van der Waals surface area contributed by atoms with Gasteiger partial charge in [0.25, 0.3) is 0 Å². The summed E-state index contributed by atoms with van der Waals surface area (Å²) >= 11 is 5.35. The van der Waals surface area contributed by atoms with Crippen molar-refractivity contribution in [3.8, 4) is 0 Å². The van der Waals surface area contributed by atoms with Crippen molar-refractivity contribution in [1.82, 2.24) is 14.8 Å². The summed E-state index contributed by atoms with van der Waals surface area (Å²) in [5.74, 6) is 1.04. The SMILES string of the molecule is CCCc1n[nH]c(=S)n1C(C)c1ccccc1C. The molecule has 0 amide bonds. The Balaban J connectivity index is 2.46. The molecule has 0 saturated carbocycles. The van der Waals surface area contributed by atoms with Crippen LogP contribution in [0, 0.1) is 11.7 Å². The summed E-state index contributed by atoms with van der Waals surface area (Å²) in [5.41, 5.74) is 2.59. The molecule has 18 heavy (non-hydrogen) atoms. The van der Waals surface area contributed by atoms with Crippen LogP contribution < -0.4 is 0 Å². The van der Waals surface area contributed by atoms with E-state index in [4.69, 9.17) is 12.2 Å². The molecule has 0 spiro atoms. The second-order valence-corrected chi connectivity index (χ2v) is 4.98. The zero-order valence-electron chi connectivity index (χ0n) is 11.1. The lowest BCUT2D eigenvalue weighted by atomic mass is 10.0. The van der Waals surface area contributed by atoms with Gasteiger partial charge in [0.15, 0.2) is 4.77 Å². The first-order valence-electron chi connectivity index (χ1n) is 6.36. The number of aryl methyl sites for hydroxylation is 2. The van der Waals surface area contributed by atoms with Crippen molar-refractivity contribution < 1.29 is 0 Å². The Morgan fingerprint density at radius 1 is 1.39 bits per heavy atom. The number of rotatable bonds is 4. The summed E-state index contributed by atoms with van der Waals surface area (Å²) in [7, 11) is 0. The second-order valence-electron chi connectivity index (χ2n) is 4.60. The molecule has 0 aliphatic rings. The molecule has 3 nitrogen and oxygen atoms in total. The molecular formula is C14H19N3S. The quantitative estimate of drug-likeness (QED) is 0.849. The summed E-state index contributed by atoms with van der Waals surface area (Å²) in [6.45, 7) is 6.46. The van der Waals surface area contributed by atoms with E-state index >= 15 is 0 Å². The number of nitrogens with zero attached hydrogens (tertiary/aromatic N) is 2. The molecule has 1 aromatic carbocycles. The zero-order valence-corrected chi connectivity index (χ0v) is 11.9. The van der Waals surface area contributed by atoms with Gasteiger partial charge in [0.05, 0.1) is 6.04 Å². The van der Waals surface area contributed by atoms with Gasteiger partial charge in [-0.2, -0.15) is 5.10 Å². The molecule has 1 heterocycles. The van der Waals surface area contributed by atoms with E-state index in [1.54, 1.807) is 0 Å². The predicted octanol–water partition coefficient (Wildman–Crippen LogP) is 3.81. The van der Waals surface area contributed by atoms with Crippen LogP contribution in [0.1, 0.15) is 43.3 Å². The molecular weight excluding hydrogens is 242 g/mol. The molecule has 96 valence electrons. The lowest BCUT2D eigenvalue weighted by Crippen LogP contribution is -2.12. The van der Waals surface area contributed by atoms with Gasteiger partial charge in [-0.05, 0) is 43.6 Å². The van der Waals surface area contributed by atoms with Crippen LogP contribution in [-0.4, -0.2) is 14.8 Å². The fourth-order valence-corrected chi connectivity index (χ4v) is 2.64. The van der Waals surface area contributed by atoms with E-state index in [1.807, 2.05) is 0 Å². The summed E-state index contributed by atoms with van der Waals surface area (Å²) in [5, 5.41) is 7.24. The molecule has 4 heteroatoms. The molecule has 0 aliphatic carbocycles. The smallest absolute Gasteiger partial charge is 0.195 e. The van der Waals surface area contributed by atoms with Gasteiger partial charge in [-0.3, -0.25) is 9.67 Å². The van der Waals surface area contributed by atoms with Crippen molar-refractivity contribution in [3.05, 3.63) is 46.0 Å². The van der Waals surface area contributed by atoms with Gasteiger partial charge >= 0.3 is 0 Å². The lowest BCUT2D eigenvalue weighted by molar-refractivity contribution is 0.587. The summed E-state index contributed by atoms with van der Waals surface area (Å²) in [6.07, 6.45) is 2.02. The van der Waals surface area contributed by atoms with Crippen molar-refractivity contribution >= 4 is 12.2 Å². The minimum atomic E-state index is 0.221. The van der Waals surface area contributed by atoms with Crippen LogP contribution >= 0.6 is 12.2 Å². The second kappa shape index (κ2) is 5.48. The molecule has 0 saturated heterocycles. The molecule has 1 unspecified atom stereocenters. The standard InChI is InChI=1S/C14H19N3S/c1-4-7-13-15-16-14(18)17(13)11(3)12-9-6-5-8-10(12)2/h5-6,8-9,11H,4,7H2,1-3H3,(H,16,18). The van der Waals surface area contributed by atoms with E-state index in [9.17, 15) is 0 Å². The molecule has 1 aromatic heterocycles. The third-order valence-corrected chi connectivity index (χ3v) is 3.56. The minimum absolute atomic E-state index is 0.221. The van der Waals surface area contributed by atoms with E-state index in [0.29, 0.717) is 4.77 Å². The number of hydrogen-bond acceptors (Lipinski definition) is 2. The van der Waals surface area contributed by atoms with E-state index in [1.165, 1.54) is 11.1 Å². The monoisotopic (exact) mass is 261 g/mol. The summed E-state index contributed by atoms with van der Waals surface area (Å²) in [4.78, 5) is 0. The molecule has 0 bridgehead atoms. The van der Waals surface area contributed by atoms with Crippen LogP contribution in [-0.2, 0) is 6.42 Å². The Morgan fingerprint density at radius 2 is 2.11 bits per heavy atom. The van der Waals surface area contributed by atoms with Gasteiger partial charge in [-0.15, -0.1) is 0 Å². The number of aromatic amines is 1. The minimum Gasteiger partial charge on any atom is -0.297 e. The number of nitrogens with one attached hydrogen (secondary N) is 1. The number of hydrogen-bond donors (Lipinski definition) is 1. The fraction of sp³-hybridized carbons (Fsp3) is 0.429. The highest BCUT2D eigenvalue weighted by Gasteiger charge is 2.15. The van der Waals surface area contributed by atoms with Crippen LogP contribution in [0.4, 0.5) is 0 Å². The third kappa shape index (κ3) is 2.38. The van der Waals surface area contributed by atoms with Crippen LogP contribution in [0.5, 0.6) is 0 Å². The fourth-order valence-electron chi connectivity index (χ4n) is 2.33. The van der Waals surface area contributed by atoms with Gasteiger partial charge in [0.1, 0.15) is 5.82 Å². The van der Waals surface area contributed by atoms with Crippen molar-refractivity contribution in [1.29, 1.82) is 0 Å². The average molecular weight is 261 g/mol. The van der Waals surface area contributed by atoms with Crippen LogP contribution in [0.2, 0.25) is 0 Å². The van der Waals surface area contributed by atoms with Gasteiger partial charge in [0.2, 0.25) is 0 Å². The van der Waals surface area contributed by atoms with Crippen molar-refractivity contribution in [2.45, 2.75) is 39.7 Å². The largest absolute Gasteiger partial charge is 0.297 e. The normalized spacial score (nSPS) is 12.6. The first-order valence-corrected chi connectivity index (χ1v) is 6.77. The van der Waals surface area contributed by atoms with E-state index in [0.717, 1.165) is 18.7 Å². The summed E-state index contributed by atoms with van der Waals surface area (Å²) < 4.78 is 2.83. The zero-order chi connectivity index (χ0) is 13.1. The molecule has 2 aromatic rings. The Kier molecular flexibility index (Phi) is 3.97.